The summed E-state index contributed by atoms with van der Waals surface area (Å²) in [4.78, 5) is 15.5. The normalized spacial score (nSPS) is 12.3. The van der Waals surface area contributed by atoms with Gasteiger partial charge in [0.05, 0.1) is 22.2 Å². The molecule has 0 amide bonds. The molecule has 9 aromatic rings. The summed E-state index contributed by atoms with van der Waals surface area (Å²) >= 11 is 0. The van der Waals surface area contributed by atoms with Gasteiger partial charge in [0.1, 0.15) is 0 Å². The van der Waals surface area contributed by atoms with Crippen LogP contribution in [0.3, 0.4) is 0 Å². The Balaban J connectivity index is 1.36. The first-order chi connectivity index (χ1) is 24.3. The minimum absolute atomic E-state index is 0.586. The molecule has 0 unspecified atom stereocenters. The van der Waals surface area contributed by atoms with Gasteiger partial charge in [0.2, 0.25) is 5.95 Å². The van der Waals surface area contributed by atoms with Gasteiger partial charge in [0.25, 0.3) is 0 Å². The van der Waals surface area contributed by atoms with Crippen molar-refractivity contribution in [2.75, 3.05) is 0 Å². The Bertz CT molecular complexity index is 2660. The van der Waals surface area contributed by atoms with Crippen LogP contribution in [-0.2, 0) is 6.42 Å². The second-order valence-electron chi connectivity index (χ2n) is 12.5. The molecule has 5 heteroatoms. The Hall–Kier alpha value is -6.59. The number of nitrogens with zero attached hydrogens (tertiary/aromatic N) is 5. The molecular formula is C44H29N5. The van der Waals surface area contributed by atoms with Gasteiger partial charge in [-0.15, -0.1) is 0 Å². The third kappa shape index (κ3) is 4.36. The maximum absolute atomic E-state index is 5.23. The van der Waals surface area contributed by atoms with Crippen molar-refractivity contribution in [1.82, 2.24) is 24.1 Å². The SMILES string of the molecule is C1=Cc2c(c3ccc4c5ccccc5n(-c5nc(-c6ccccc6)nc(-c6ccccc6)n5)c4c3n2-c2ccccc2)Cc2ccccc21. The Morgan fingerprint density at radius 1 is 0.449 bits per heavy atom. The van der Waals surface area contributed by atoms with Crippen molar-refractivity contribution in [3.05, 3.63) is 174 Å². The lowest BCUT2D eigenvalue weighted by atomic mass is 9.99. The molecule has 1 aliphatic rings. The molecular weight excluding hydrogens is 599 g/mol. The summed E-state index contributed by atoms with van der Waals surface area (Å²) in [5, 5.41) is 3.52. The summed E-state index contributed by atoms with van der Waals surface area (Å²) in [6.45, 7) is 0. The zero-order valence-electron chi connectivity index (χ0n) is 26.5. The van der Waals surface area contributed by atoms with Gasteiger partial charge in [-0.05, 0) is 41.0 Å². The Labute approximate surface area is 283 Å². The van der Waals surface area contributed by atoms with Crippen LogP contribution in [0.1, 0.15) is 22.4 Å². The molecule has 49 heavy (non-hydrogen) atoms. The van der Waals surface area contributed by atoms with Crippen LogP contribution >= 0.6 is 0 Å². The molecule has 3 heterocycles. The Morgan fingerprint density at radius 3 is 1.78 bits per heavy atom. The van der Waals surface area contributed by atoms with Crippen molar-refractivity contribution < 1.29 is 0 Å². The van der Waals surface area contributed by atoms with Crippen LogP contribution in [-0.4, -0.2) is 24.1 Å². The minimum Gasteiger partial charge on any atom is -0.308 e. The maximum Gasteiger partial charge on any atom is 0.238 e. The molecule has 3 aromatic heterocycles. The van der Waals surface area contributed by atoms with E-state index in [9.17, 15) is 0 Å². The van der Waals surface area contributed by atoms with E-state index < -0.39 is 0 Å². The maximum atomic E-state index is 5.23. The van der Waals surface area contributed by atoms with E-state index in [1.54, 1.807) is 0 Å². The first-order valence-electron chi connectivity index (χ1n) is 16.6. The fourth-order valence-corrected chi connectivity index (χ4v) is 7.43. The van der Waals surface area contributed by atoms with Crippen LogP contribution in [0.5, 0.6) is 0 Å². The van der Waals surface area contributed by atoms with Gasteiger partial charge in [0, 0.05) is 39.4 Å². The molecule has 1 aliphatic carbocycles. The lowest BCUT2D eigenvalue weighted by molar-refractivity contribution is 0.952. The average molecular weight is 628 g/mol. The number of rotatable bonds is 4. The molecule has 0 saturated carbocycles. The minimum atomic E-state index is 0.586. The smallest absolute Gasteiger partial charge is 0.238 e. The standard InChI is InChI=1S/C44H29N5/c1-4-15-30(16-5-1)42-45-43(31-17-6-2-7-18-31)47-44(46-42)49-38-23-13-12-22-34(38)35-25-26-36-37-28-32-19-11-10-14-29(32)24-27-39(37)48(40(36)41(35)49)33-20-8-3-9-21-33/h1-27H,28H2. The summed E-state index contributed by atoms with van der Waals surface area (Å²) in [6.07, 6.45) is 5.38. The van der Waals surface area contributed by atoms with Crippen LogP contribution in [0.15, 0.2) is 152 Å². The zero-order chi connectivity index (χ0) is 32.3. The molecule has 0 radical (unpaired) electrons. The molecule has 0 bridgehead atoms. The van der Waals surface area contributed by atoms with Gasteiger partial charge in [0.15, 0.2) is 11.6 Å². The van der Waals surface area contributed by atoms with Gasteiger partial charge in [-0.2, -0.15) is 9.97 Å². The summed E-state index contributed by atoms with van der Waals surface area (Å²) < 4.78 is 4.69. The largest absolute Gasteiger partial charge is 0.308 e. The van der Waals surface area contributed by atoms with Gasteiger partial charge in [-0.25, -0.2) is 4.98 Å². The molecule has 230 valence electrons. The molecule has 6 aromatic carbocycles. The zero-order valence-corrected chi connectivity index (χ0v) is 26.5. The molecule has 0 fully saturated rings. The molecule has 0 aliphatic heterocycles. The van der Waals surface area contributed by atoms with Crippen LogP contribution in [0.25, 0.3) is 79.3 Å². The van der Waals surface area contributed by atoms with Gasteiger partial charge < -0.3 is 4.57 Å². The number of hydrogen-bond donors (Lipinski definition) is 0. The fourth-order valence-electron chi connectivity index (χ4n) is 7.43. The van der Waals surface area contributed by atoms with E-state index in [0.717, 1.165) is 50.6 Å². The number of aromatic nitrogens is 5. The molecule has 0 atom stereocenters. The van der Waals surface area contributed by atoms with Gasteiger partial charge >= 0.3 is 0 Å². The summed E-state index contributed by atoms with van der Waals surface area (Å²) in [5.41, 5.74) is 11.3. The van der Waals surface area contributed by atoms with E-state index in [1.807, 2.05) is 36.4 Å². The molecule has 5 nitrogen and oxygen atoms in total. The lowest BCUT2D eigenvalue weighted by Gasteiger charge is -2.13. The third-order valence-electron chi connectivity index (χ3n) is 9.65. The number of hydrogen-bond acceptors (Lipinski definition) is 3. The average Bonchev–Trinajstić information content (AvgIpc) is 3.60. The fraction of sp³-hybridized carbons (Fsp3) is 0.0227. The predicted octanol–water partition coefficient (Wildman–Crippen LogP) is 10.3. The van der Waals surface area contributed by atoms with Gasteiger partial charge in [-0.3, -0.25) is 4.57 Å². The highest BCUT2D eigenvalue weighted by Gasteiger charge is 2.26. The Kier molecular flexibility index (Phi) is 6.18. The predicted molar refractivity (Wildman–Crippen MR) is 200 cm³/mol. The highest BCUT2D eigenvalue weighted by atomic mass is 15.2. The van der Waals surface area contributed by atoms with E-state index in [4.69, 9.17) is 15.0 Å². The lowest BCUT2D eigenvalue weighted by Crippen LogP contribution is -2.07. The van der Waals surface area contributed by atoms with E-state index in [2.05, 4.69) is 137 Å². The molecule has 0 N–H and O–H groups in total. The van der Waals surface area contributed by atoms with Gasteiger partial charge in [-0.1, -0.05) is 140 Å². The van der Waals surface area contributed by atoms with Crippen LogP contribution in [0, 0.1) is 0 Å². The van der Waals surface area contributed by atoms with Crippen molar-refractivity contribution in [1.29, 1.82) is 0 Å². The van der Waals surface area contributed by atoms with Crippen molar-refractivity contribution >= 4 is 44.9 Å². The number of benzene rings is 6. The van der Waals surface area contributed by atoms with Crippen molar-refractivity contribution in [3.63, 3.8) is 0 Å². The second kappa shape index (κ2) is 11.0. The number of para-hydroxylation sites is 2. The van der Waals surface area contributed by atoms with Crippen molar-refractivity contribution in [2.24, 2.45) is 0 Å². The molecule has 0 saturated heterocycles. The van der Waals surface area contributed by atoms with Crippen LogP contribution in [0.2, 0.25) is 0 Å². The first-order valence-corrected chi connectivity index (χ1v) is 16.6. The Morgan fingerprint density at radius 2 is 1.04 bits per heavy atom. The van der Waals surface area contributed by atoms with E-state index >= 15 is 0 Å². The quantitative estimate of drug-likeness (QED) is 0.195. The van der Waals surface area contributed by atoms with Crippen LogP contribution in [0.4, 0.5) is 0 Å². The van der Waals surface area contributed by atoms with Crippen LogP contribution < -0.4 is 0 Å². The summed E-state index contributed by atoms with van der Waals surface area (Å²) in [5.74, 6) is 1.86. The summed E-state index contributed by atoms with van der Waals surface area (Å²) in [6, 6.07) is 52.9. The van der Waals surface area contributed by atoms with E-state index in [-0.39, 0.29) is 0 Å². The molecule has 0 spiro atoms. The summed E-state index contributed by atoms with van der Waals surface area (Å²) in [7, 11) is 0. The van der Waals surface area contributed by atoms with Crippen molar-refractivity contribution in [3.8, 4) is 34.4 Å². The van der Waals surface area contributed by atoms with E-state index in [0.29, 0.717) is 17.6 Å². The van der Waals surface area contributed by atoms with Crippen molar-refractivity contribution in [2.45, 2.75) is 6.42 Å². The topological polar surface area (TPSA) is 48.5 Å². The molecule has 10 rings (SSSR count). The highest BCUT2D eigenvalue weighted by molar-refractivity contribution is 6.19. The van der Waals surface area contributed by atoms with E-state index in [1.165, 1.54) is 27.8 Å². The third-order valence-corrected chi connectivity index (χ3v) is 9.65. The second-order valence-corrected chi connectivity index (χ2v) is 12.5. The monoisotopic (exact) mass is 627 g/mol. The number of fused-ring (bicyclic) bond motifs is 8. The highest BCUT2D eigenvalue weighted by Crippen LogP contribution is 2.42. The first kappa shape index (κ1) is 27.5.